The third-order valence-corrected chi connectivity index (χ3v) is 4.30. The van der Waals surface area contributed by atoms with E-state index >= 15 is 0 Å². The summed E-state index contributed by atoms with van der Waals surface area (Å²) in [5, 5.41) is 6.58. The van der Waals surface area contributed by atoms with Crippen LogP contribution in [0.4, 0.5) is 0 Å². The van der Waals surface area contributed by atoms with E-state index < -0.39 is 5.97 Å². The normalized spacial score (nSPS) is 11.0. The Morgan fingerprint density at radius 1 is 1.30 bits per heavy atom. The average Bonchev–Trinajstić information content (AvgIpc) is 3.16. The molecule has 0 amide bonds. The van der Waals surface area contributed by atoms with E-state index in [0.717, 1.165) is 16.1 Å². The summed E-state index contributed by atoms with van der Waals surface area (Å²) in [7, 11) is 1.84. The smallest absolute Gasteiger partial charge is 0.363 e. The van der Waals surface area contributed by atoms with Crippen molar-refractivity contribution >= 4 is 17.3 Å². The molecule has 2 heterocycles. The van der Waals surface area contributed by atoms with Crippen LogP contribution in [0.1, 0.15) is 35.8 Å². The van der Waals surface area contributed by atoms with Gasteiger partial charge in [0, 0.05) is 24.2 Å². The van der Waals surface area contributed by atoms with Crippen molar-refractivity contribution in [1.29, 1.82) is 0 Å². The number of rotatable bonds is 4. The molecule has 2 aromatic heterocycles. The summed E-state index contributed by atoms with van der Waals surface area (Å²) in [6, 6.07) is 7.57. The van der Waals surface area contributed by atoms with Gasteiger partial charge in [0.05, 0.1) is 6.20 Å². The lowest BCUT2D eigenvalue weighted by Gasteiger charge is -2.11. The van der Waals surface area contributed by atoms with Crippen molar-refractivity contribution in [3.63, 3.8) is 0 Å². The van der Waals surface area contributed by atoms with E-state index in [0.29, 0.717) is 11.4 Å². The molecule has 0 aliphatic rings. The van der Waals surface area contributed by atoms with Gasteiger partial charge in [0.1, 0.15) is 10.8 Å². The largest absolute Gasteiger partial charge is 0.421 e. The second-order valence-corrected chi connectivity index (χ2v) is 6.38. The zero-order valence-corrected chi connectivity index (χ0v) is 14.0. The number of esters is 1. The van der Waals surface area contributed by atoms with E-state index in [1.807, 2.05) is 37.5 Å². The molecular formula is C17H17N3O2S. The highest BCUT2D eigenvalue weighted by molar-refractivity contribution is 7.13. The van der Waals surface area contributed by atoms with Crippen molar-refractivity contribution in [2.24, 2.45) is 7.05 Å². The molecule has 0 atom stereocenters. The zero-order valence-electron chi connectivity index (χ0n) is 13.2. The Morgan fingerprint density at radius 3 is 2.78 bits per heavy atom. The fourth-order valence-electron chi connectivity index (χ4n) is 2.23. The summed E-state index contributed by atoms with van der Waals surface area (Å²) >= 11 is 1.40. The predicted octanol–water partition coefficient (Wildman–Crippen LogP) is 3.89. The molecule has 5 nitrogen and oxygen atoms in total. The maximum Gasteiger partial charge on any atom is 0.363 e. The Morgan fingerprint density at radius 2 is 2.09 bits per heavy atom. The Labute approximate surface area is 138 Å². The van der Waals surface area contributed by atoms with Gasteiger partial charge in [-0.2, -0.15) is 5.10 Å². The summed E-state index contributed by atoms with van der Waals surface area (Å²) in [6.45, 7) is 4.13. The van der Waals surface area contributed by atoms with Gasteiger partial charge in [0.25, 0.3) is 0 Å². The van der Waals surface area contributed by atoms with Gasteiger partial charge in [-0.15, -0.1) is 11.3 Å². The van der Waals surface area contributed by atoms with Crippen molar-refractivity contribution in [3.05, 3.63) is 53.3 Å². The number of ether oxygens (including phenoxy) is 1. The molecule has 0 radical (unpaired) electrons. The van der Waals surface area contributed by atoms with Crippen molar-refractivity contribution in [3.8, 4) is 16.3 Å². The van der Waals surface area contributed by atoms with Crippen molar-refractivity contribution in [2.45, 2.75) is 19.8 Å². The van der Waals surface area contributed by atoms with Crippen LogP contribution in [0.25, 0.3) is 10.6 Å². The van der Waals surface area contributed by atoms with E-state index in [2.05, 4.69) is 23.9 Å². The zero-order chi connectivity index (χ0) is 16.4. The third-order valence-electron chi connectivity index (χ3n) is 3.41. The Hall–Kier alpha value is -2.47. The molecule has 0 N–H and O–H groups in total. The first-order valence-corrected chi connectivity index (χ1v) is 8.18. The minimum atomic E-state index is -0.440. The standard InChI is InChI=1S/C17H17N3O2S/c1-11(2)13-6-4-5-7-15(13)22-17(21)14-10-23-16(19-14)12-8-18-20(3)9-12/h4-11H,1-3H3. The highest BCUT2D eigenvalue weighted by Gasteiger charge is 2.17. The Bertz CT molecular complexity index is 836. The number of carbonyl (C=O) groups excluding carboxylic acids is 1. The minimum Gasteiger partial charge on any atom is -0.421 e. The van der Waals surface area contributed by atoms with Gasteiger partial charge in [-0.25, -0.2) is 9.78 Å². The molecule has 0 unspecified atom stereocenters. The fourth-order valence-corrected chi connectivity index (χ4v) is 3.00. The molecule has 23 heavy (non-hydrogen) atoms. The van der Waals surface area contributed by atoms with Crippen LogP contribution < -0.4 is 4.74 Å². The van der Waals surface area contributed by atoms with Crippen LogP contribution in [0, 0.1) is 0 Å². The van der Waals surface area contributed by atoms with Gasteiger partial charge in [-0.3, -0.25) is 4.68 Å². The summed E-state index contributed by atoms with van der Waals surface area (Å²) in [5.41, 5.74) is 2.20. The molecule has 0 aliphatic heterocycles. The van der Waals surface area contributed by atoms with Gasteiger partial charge >= 0.3 is 5.97 Å². The molecule has 0 aliphatic carbocycles. The number of hydrogen-bond donors (Lipinski definition) is 0. The monoisotopic (exact) mass is 327 g/mol. The molecule has 3 aromatic rings. The van der Waals surface area contributed by atoms with E-state index in [1.165, 1.54) is 11.3 Å². The number of aryl methyl sites for hydroxylation is 1. The lowest BCUT2D eigenvalue weighted by molar-refractivity contribution is 0.0727. The molecule has 3 rings (SSSR count). The van der Waals surface area contributed by atoms with Crippen molar-refractivity contribution in [2.75, 3.05) is 0 Å². The molecule has 0 fully saturated rings. The van der Waals surface area contributed by atoms with Gasteiger partial charge in [0.2, 0.25) is 0 Å². The van der Waals surface area contributed by atoms with E-state index in [9.17, 15) is 4.79 Å². The topological polar surface area (TPSA) is 57.0 Å². The maximum absolute atomic E-state index is 12.3. The Balaban J connectivity index is 1.81. The number of hydrogen-bond acceptors (Lipinski definition) is 5. The summed E-state index contributed by atoms with van der Waals surface area (Å²) in [6.07, 6.45) is 3.59. The summed E-state index contributed by atoms with van der Waals surface area (Å²) < 4.78 is 7.23. The molecule has 6 heteroatoms. The lowest BCUT2D eigenvalue weighted by Crippen LogP contribution is -2.10. The second kappa shape index (κ2) is 6.34. The van der Waals surface area contributed by atoms with E-state index in [1.54, 1.807) is 16.3 Å². The van der Waals surface area contributed by atoms with Crippen LogP contribution in [0.2, 0.25) is 0 Å². The molecule has 1 aromatic carbocycles. The maximum atomic E-state index is 12.3. The fraction of sp³-hybridized carbons (Fsp3) is 0.235. The highest BCUT2D eigenvalue weighted by Crippen LogP contribution is 2.28. The molecule has 0 saturated carbocycles. The lowest BCUT2D eigenvalue weighted by atomic mass is 10.0. The quantitative estimate of drug-likeness (QED) is 0.539. The second-order valence-electron chi connectivity index (χ2n) is 5.52. The summed E-state index contributed by atoms with van der Waals surface area (Å²) in [5.74, 6) is 0.424. The molecule has 118 valence electrons. The van der Waals surface area contributed by atoms with E-state index in [-0.39, 0.29) is 5.92 Å². The van der Waals surface area contributed by atoms with Gasteiger partial charge in [-0.1, -0.05) is 32.0 Å². The first-order chi connectivity index (χ1) is 11.0. The highest BCUT2D eigenvalue weighted by atomic mass is 32.1. The van der Waals surface area contributed by atoms with Gasteiger partial charge in [0.15, 0.2) is 5.69 Å². The number of aromatic nitrogens is 3. The number of nitrogens with zero attached hydrogens (tertiary/aromatic N) is 3. The van der Waals surface area contributed by atoms with Crippen LogP contribution in [-0.2, 0) is 7.05 Å². The third kappa shape index (κ3) is 3.32. The van der Waals surface area contributed by atoms with Crippen LogP contribution in [-0.4, -0.2) is 20.7 Å². The first kappa shape index (κ1) is 15.4. The SMILES string of the molecule is CC(C)c1ccccc1OC(=O)c1csc(-c2cnn(C)c2)n1. The summed E-state index contributed by atoms with van der Waals surface area (Å²) in [4.78, 5) is 16.7. The predicted molar refractivity (Wildman–Crippen MR) is 89.8 cm³/mol. The van der Waals surface area contributed by atoms with Crippen LogP contribution in [0.3, 0.4) is 0 Å². The molecule has 0 spiro atoms. The number of thiazole rings is 1. The molecule has 0 bridgehead atoms. The molecule has 0 saturated heterocycles. The number of carbonyl (C=O) groups is 1. The first-order valence-electron chi connectivity index (χ1n) is 7.30. The molecular weight excluding hydrogens is 310 g/mol. The number of benzene rings is 1. The van der Waals surface area contributed by atoms with Gasteiger partial charge < -0.3 is 4.74 Å². The minimum absolute atomic E-state index is 0.278. The van der Waals surface area contributed by atoms with Crippen molar-refractivity contribution in [1.82, 2.24) is 14.8 Å². The van der Waals surface area contributed by atoms with Crippen LogP contribution in [0.15, 0.2) is 42.0 Å². The van der Waals surface area contributed by atoms with E-state index in [4.69, 9.17) is 4.74 Å². The number of para-hydroxylation sites is 1. The van der Waals surface area contributed by atoms with Crippen LogP contribution >= 0.6 is 11.3 Å². The average molecular weight is 327 g/mol. The van der Waals surface area contributed by atoms with Crippen molar-refractivity contribution < 1.29 is 9.53 Å². The van der Waals surface area contributed by atoms with Crippen LogP contribution in [0.5, 0.6) is 5.75 Å². The Kier molecular flexibility index (Phi) is 4.25. The van der Waals surface area contributed by atoms with Gasteiger partial charge in [-0.05, 0) is 17.5 Å².